The molecule has 0 aliphatic carbocycles. The van der Waals surface area contributed by atoms with Crippen LogP contribution in [0.1, 0.15) is 19.3 Å². The number of nitrogens with two attached hydrogens (primary N) is 1. The molecule has 1 atom stereocenters. The van der Waals surface area contributed by atoms with Crippen molar-refractivity contribution in [1.82, 2.24) is 4.31 Å². The lowest BCUT2D eigenvalue weighted by Gasteiger charge is -2.34. The van der Waals surface area contributed by atoms with Gasteiger partial charge in [0.25, 0.3) is 0 Å². The highest BCUT2D eigenvalue weighted by molar-refractivity contribution is 7.89. The van der Waals surface area contributed by atoms with Gasteiger partial charge in [-0.15, -0.1) is 0 Å². The molecule has 2 aliphatic heterocycles. The summed E-state index contributed by atoms with van der Waals surface area (Å²) in [6, 6.07) is 4.85. The molecule has 0 amide bonds. The average molecular weight is 312 g/mol. The Morgan fingerprint density at radius 3 is 2.86 bits per heavy atom. The summed E-state index contributed by atoms with van der Waals surface area (Å²) in [7, 11) is -3.62. The predicted octanol–water partition coefficient (Wildman–Crippen LogP) is 0.960. The monoisotopic (exact) mass is 312 g/mol. The van der Waals surface area contributed by atoms with Crippen LogP contribution < -0.4 is 15.2 Å². The molecule has 116 valence electrons. The molecule has 0 spiro atoms. The van der Waals surface area contributed by atoms with Crippen molar-refractivity contribution in [2.75, 3.05) is 26.3 Å². The Kier molecular flexibility index (Phi) is 4.05. The van der Waals surface area contributed by atoms with Crippen LogP contribution in [0.3, 0.4) is 0 Å². The molecule has 2 N–H and O–H groups in total. The lowest BCUT2D eigenvalue weighted by atomic mass is 10.1. The Morgan fingerprint density at radius 1 is 1.24 bits per heavy atom. The van der Waals surface area contributed by atoms with Crippen molar-refractivity contribution >= 4 is 10.0 Å². The number of ether oxygens (including phenoxy) is 2. The number of nitrogens with zero attached hydrogens (tertiary/aromatic N) is 1. The van der Waals surface area contributed by atoms with Gasteiger partial charge in [-0.25, -0.2) is 8.42 Å². The van der Waals surface area contributed by atoms with E-state index in [1.54, 1.807) is 18.2 Å². The van der Waals surface area contributed by atoms with Gasteiger partial charge < -0.3 is 15.2 Å². The maximum Gasteiger partial charge on any atom is 0.247 e. The Hall–Kier alpha value is -1.31. The van der Waals surface area contributed by atoms with Crippen molar-refractivity contribution in [2.45, 2.75) is 30.2 Å². The van der Waals surface area contributed by atoms with Crippen LogP contribution in [0.15, 0.2) is 23.1 Å². The number of sulfonamides is 1. The van der Waals surface area contributed by atoms with Crippen LogP contribution in [0.4, 0.5) is 0 Å². The second-order valence-electron chi connectivity index (χ2n) is 5.28. The van der Waals surface area contributed by atoms with Crippen molar-refractivity contribution in [1.29, 1.82) is 0 Å². The first-order chi connectivity index (χ1) is 10.1. The second-order valence-corrected chi connectivity index (χ2v) is 7.14. The minimum Gasteiger partial charge on any atom is -0.486 e. The van der Waals surface area contributed by atoms with E-state index in [0.29, 0.717) is 37.8 Å². The molecule has 2 heterocycles. The van der Waals surface area contributed by atoms with Gasteiger partial charge in [-0.2, -0.15) is 4.31 Å². The van der Waals surface area contributed by atoms with Crippen molar-refractivity contribution in [3.05, 3.63) is 18.2 Å². The Labute approximate surface area is 124 Å². The number of rotatable bonds is 3. The molecule has 0 aromatic heterocycles. The summed E-state index contributed by atoms with van der Waals surface area (Å²) in [5.41, 5.74) is 5.74. The third-order valence-electron chi connectivity index (χ3n) is 3.96. The van der Waals surface area contributed by atoms with Gasteiger partial charge in [0.2, 0.25) is 10.0 Å². The summed E-state index contributed by atoms with van der Waals surface area (Å²) in [5.74, 6) is 0.814. The van der Waals surface area contributed by atoms with Gasteiger partial charge in [-0.3, -0.25) is 0 Å². The molecule has 1 unspecified atom stereocenters. The van der Waals surface area contributed by atoms with Gasteiger partial charge in [-0.1, -0.05) is 12.5 Å². The quantitative estimate of drug-likeness (QED) is 0.899. The Bertz CT molecular complexity index is 617. The van der Waals surface area contributed by atoms with Crippen molar-refractivity contribution < 1.29 is 17.9 Å². The highest BCUT2D eigenvalue weighted by atomic mass is 32.2. The van der Waals surface area contributed by atoms with Gasteiger partial charge >= 0.3 is 0 Å². The fraction of sp³-hybridized carbons (Fsp3) is 0.571. The molecular formula is C14H20N2O4S. The van der Waals surface area contributed by atoms with Gasteiger partial charge in [0.05, 0.1) is 0 Å². The molecule has 7 heteroatoms. The topological polar surface area (TPSA) is 81.9 Å². The summed E-state index contributed by atoms with van der Waals surface area (Å²) in [6.07, 6.45) is 2.69. The van der Waals surface area contributed by atoms with Crippen LogP contribution in [0.5, 0.6) is 11.5 Å². The van der Waals surface area contributed by atoms with Gasteiger partial charge in [0.1, 0.15) is 18.1 Å². The van der Waals surface area contributed by atoms with Gasteiger partial charge in [0.15, 0.2) is 11.5 Å². The third-order valence-corrected chi connectivity index (χ3v) is 5.94. The smallest absolute Gasteiger partial charge is 0.247 e. The lowest BCUT2D eigenvalue weighted by molar-refractivity contribution is 0.166. The van der Waals surface area contributed by atoms with E-state index in [-0.39, 0.29) is 10.9 Å². The maximum atomic E-state index is 13.0. The zero-order valence-electron chi connectivity index (χ0n) is 11.8. The Balaban J connectivity index is 2.02. The summed E-state index contributed by atoms with van der Waals surface area (Å²) < 4.78 is 38.5. The number of hydrogen-bond acceptors (Lipinski definition) is 5. The molecule has 0 saturated carbocycles. The first-order valence-electron chi connectivity index (χ1n) is 7.25. The van der Waals surface area contributed by atoms with Crippen molar-refractivity contribution in [2.24, 2.45) is 5.73 Å². The molecule has 6 nitrogen and oxygen atoms in total. The van der Waals surface area contributed by atoms with E-state index in [1.807, 2.05) is 0 Å². The van der Waals surface area contributed by atoms with Crippen LogP contribution in [-0.2, 0) is 10.0 Å². The van der Waals surface area contributed by atoms with E-state index in [4.69, 9.17) is 15.2 Å². The highest BCUT2D eigenvalue weighted by Gasteiger charge is 2.36. The predicted molar refractivity (Wildman–Crippen MR) is 78.0 cm³/mol. The molecule has 21 heavy (non-hydrogen) atoms. The summed E-state index contributed by atoms with van der Waals surface area (Å²) >= 11 is 0. The van der Waals surface area contributed by atoms with Crippen LogP contribution in [0.2, 0.25) is 0 Å². The zero-order chi connectivity index (χ0) is 14.9. The van der Waals surface area contributed by atoms with E-state index in [9.17, 15) is 8.42 Å². The molecule has 1 fully saturated rings. The maximum absolute atomic E-state index is 13.0. The molecular weight excluding hydrogens is 292 g/mol. The number of fused-ring (bicyclic) bond motifs is 1. The first kappa shape index (κ1) is 14.6. The largest absolute Gasteiger partial charge is 0.486 e. The minimum atomic E-state index is -3.62. The molecule has 1 saturated heterocycles. The average Bonchev–Trinajstić information content (AvgIpc) is 2.54. The standard InChI is InChI=1S/C14H20N2O4S/c15-10-11-4-1-2-7-16(11)21(17,18)13-6-3-5-12-14(13)20-9-8-19-12/h3,5-6,11H,1-2,4,7-10,15H2. The van der Waals surface area contributed by atoms with E-state index in [2.05, 4.69) is 0 Å². The van der Waals surface area contributed by atoms with E-state index in [0.717, 1.165) is 19.3 Å². The first-order valence-corrected chi connectivity index (χ1v) is 8.69. The van der Waals surface area contributed by atoms with Crippen LogP contribution in [-0.4, -0.2) is 45.1 Å². The highest BCUT2D eigenvalue weighted by Crippen LogP contribution is 2.38. The van der Waals surface area contributed by atoms with Crippen LogP contribution in [0.25, 0.3) is 0 Å². The van der Waals surface area contributed by atoms with Gasteiger partial charge in [-0.05, 0) is 25.0 Å². The fourth-order valence-corrected chi connectivity index (χ4v) is 4.75. The number of para-hydroxylation sites is 1. The molecule has 3 rings (SSSR count). The number of hydrogen-bond donors (Lipinski definition) is 1. The molecule has 1 aromatic rings. The zero-order valence-corrected chi connectivity index (χ0v) is 12.6. The minimum absolute atomic E-state index is 0.135. The van der Waals surface area contributed by atoms with Crippen LogP contribution >= 0.6 is 0 Å². The van der Waals surface area contributed by atoms with E-state index < -0.39 is 10.0 Å². The Morgan fingerprint density at radius 2 is 2.05 bits per heavy atom. The molecule has 0 radical (unpaired) electrons. The summed E-state index contributed by atoms with van der Waals surface area (Å²) in [5, 5.41) is 0. The van der Waals surface area contributed by atoms with E-state index in [1.165, 1.54) is 4.31 Å². The second kappa shape index (κ2) is 5.82. The molecule has 0 bridgehead atoms. The lowest BCUT2D eigenvalue weighted by Crippen LogP contribution is -2.47. The van der Waals surface area contributed by atoms with E-state index >= 15 is 0 Å². The molecule has 1 aromatic carbocycles. The summed E-state index contributed by atoms with van der Waals surface area (Å²) in [4.78, 5) is 0.181. The van der Waals surface area contributed by atoms with Crippen LogP contribution in [0, 0.1) is 0 Å². The summed E-state index contributed by atoms with van der Waals surface area (Å²) in [6.45, 7) is 1.64. The number of piperidine rings is 1. The molecule has 2 aliphatic rings. The van der Waals surface area contributed by atoms with Gasteiger partial charge in [0, 0.05) is 19.1 Å². The SMILES string of the molecule is NCC1CCCCN1S(=O)(=O)c1cccc2c1OCCO2. The van der Waals surface area contributed by atoms with Crippen molar-refractivity contribution in [3.8, 4) is 11.5 Å². The third kappa shape index (κ3) is 2.61. The fourth-order valence-electron chi connectivity index (χ4n) is 2.90. The normalized spacial score (nSPS) is 23.0. The number of benzene rings is 1. The van der Waals surface area contributed by atoms with Crippen molar-refractivity contribution in [3.63, 3.8) is 0 Å².